The standard InChI is InChI=1S/C26H38N6O3/c1-2-3-13-31-24(27)23(25(34)28-26(31)35)32(21-11-7-8-12-21)22(33)19-30-16-14-29(15-17-30)18-20-9-5-4-6-10-20/h4-6,9-10,21H,2-3,7-8,11-19,27H2,1H3,(H,28,34,35). The van der Waals surface area contributed by atoms with Crippen LogP contribution in [0, 0.1) is 0 Å². The quantitative estimate of drug-likeness (QED) is 0.566. The van der Waals surface area contributed by atoms with Crippen LogP contribution in [0.15, 0.2) is 39.9 Å². The maximum Gasteiger partial charge on any atom is 0.330 e. The van der Waals surface area contributed by atoms with Crippen molar-refractivity contribution < 1.29 is 4.79 Å². The fourth-order valence-electron chi connectivity index (χ4n) is 5.24. The SMILES string of the molecule is CCCCn1c(N)c(N(C(=O)CN2CCN(Cc3ccccc3)CC2)C2CCCC2)c(=O)[nH]c1=O. The van der Waals surface area contributed by atoms with Crippen LogP contribution in [-0.4, -0.2) is 64.0 Å². The number of benzene rings is 1. The van der Waals surface area contributed by atoms with E-state index in [1.807, 2.05) is 13.0 Å². The number of nitrogens with one attached hydrogen (secondary N) is 1. The number of amides is 1. The smallest absolute Gasteiger partial charge is 0.330 e. The summed E-state index contributed by atoms with van der Waals surface area (Å²) in [5, 5.41) is 0. The number of hydrogen-bond donors (Lipinski definition) is 2. The third-order valence-corrected chi connectivity index (χ3v) is 7.22. The number of anilines is 2. The molecule has 0 atom stereocenters. The van der Waals surface area contributed by atoms with Gasteiger partial charge in [-0.25, -0.2) is 4.79 Å². The minimum Gasteiger partial charge on any atom is -0.383 e. The molecule has 2 heterocycles. The maximum atomic E-state index is 13.7. The molecular weight excluding hydrogens is 444 g/mol. The molecule has 1 saturated heterocycles. The molecule has 1 aromatic heterocycles. The Kier molecular flexibility index (Phi) is 8.41. The third kappa shape index (κ3) is 6.02. The molecule has 35 heavy (non-hydrogen) atoms. The first-order chi connectivity index (χ1) is 17.0. The van der Waals surface area contributed by atoms with Crippen LogP contribution < -0.4 is 21.9 Å². The molecule has 4 rings (SSSR count). The van der Waals surface area contributed by atoms with Crippen LogP contribution in [0.3, 0.4) is 0 Å². The first-order valence-electron chi connectivity index (χ1n) is 12.9. The Morgan fingerprint density at radius 2 is 1.71 bits per heavy atom. The highest BCUT2D eigenvalue weighted by molar-refractivity contribution is 5.97. The van der Waals surface area contributed by atoms with E-state index in [-0.39, 0.29) is 30.0 Å². The van der Waals surface area contributed by atoms with Gasteiger partial charge in [-0.3, -0.25) is 28.9 Å². The number of H-pyrrole nitrogens is 1. The molecule has 2 aromatic rings. The second-order valence-corrected chi connectivity index (χ2v) is 9.74. The normalized spacial score (nSPS) is 17.6. The molecule has 1 aliphatic carbocycles. The predicted octanol–water partition coefficient (Wildman–Crippen LogP) is 2.01. The van der Waals surface area contributed by atoms with Gasteiger partial charge in [0.1, 0.15) is 5.82 Å². The first kappa shape index (κ1) is 25.2. The minimum absolute atomic E-state index is 0.0672. The number of unbranched alkanes of at least 4 members (excludes halogenated alkanes) is 1. The summed E-state index contributed by atoms with van der Waals surface area (Å²) in [5.74, 6) is -0.0218. The van der Waals surface area contributed by atoms with Crippen LogP contribution in [0.2, 0.25) is 0 Å². The van der Waals surface area contributed by atoms with Crippen molar-refractivity contribution in [2.24, 2.45) is 0 Å². The van der Waals surface area contributed by atoms with Gasteiger partial charge in [0.25, 0.3) is 5.56 Å². The molecule has 2 aliphatic rings. The second kappa shape index (κ2) is 11.7. The van der Waals surface area contributed by atoms with Crippen LogP contribution in [-0.2, 0) is 17.9 Å². The summed E-state index contributed by atoms with van der Waals surface area (Å²) in [6.07, 6.45) is 5.36. The van der Waals surface area contributed by atoms with Gasteiger partial charge >= 0.3 is 5.69 Å². The second-order valence-electron chi connectivity index (χ2n) is 9.74. The molecule has 190 valence electrons. The molecule has 1 aliphatic heterocycles. The van der Waals surface area contributed by atoms with Gasteiger partial charge < -0.3 is 10.6 Å². The molecule has 3 N–H and O–H groups in total. The number of nitrogens with two attached hydrogens (primary N) is 1. The van der Waals surface area contributed by atoms with Crippen LogP contribution >= 0.6 is 0 Å². The Labute approximate surface area is 206 Å². The highest BCUT2D eigenvalue weighted by atomic mass is 16.2. The summed E-state index contributed by atoms with van der Waals surface area (Å²) in [5.41, 5.74) is 6.72. The maximum absolute atomic E-state index is 13.7. The van der Waals surface area contributed by atoms with E-state index in [1.165, 1.54) is 10.1 Å². The van der Waals surface area contributed by atoms with Gasteiger partial charge in [0, 0.05) is 45.3 Å². The lowest BCUT2D eigenvalue weighted by Gasteiger charge is -2.36. The highest BCUT2D eigenvalue weighted by Crippen LogP contribution is 2.29. The van der Waals surface area contributed by atoms with Gasteiger partial charge in [0.05, 0.1) is 6.54 Å². The molecule has 0 bridgehead atoms. The van der Waals surface area contributed by atoms with Crippen molar-refractivity contribution in [1.82, 2.24) is 19.4 Å². The number of carbonyl (C=O) groups excluding carboxylic acids is 1. The lowest BCUT2D eigenvalue weighted by molar-refractivity contribution is -0.120. The number of piperazine rings is 1. The molecule has 1 amide bonds. The zero-order valence-electron chi connectivity index (χ0n) is 20.7. The van der Waals surface area contributed by atoms with Crippen molar-refractivity contribution in [3.8, 4) is 0 Å². The number of aromatic nitrogens is 2. The topological polar surface area (TPSA) is 108 Å². The molecule has 2 fully saturated rings. The van der Waals surface area contributed by atoms with E-state index >= 15 is 0 Å². The summed E-state index contributed by atoms with van der Waals surface area (Å²) >= 11 is 0. The minimum atomic E-state index is -0.576. The van der Waals surface area contributed by atoms with Crippen LogP contribution in [0.1, 0.15) is 51.0 Å². The molecular formula is C26H38N6O3. The molecule has 0 radical (unpaired) electrons. The molecule has 1 aromatic carbocycles. The van der Waals surface area contributed by atoms with E-state index in [0.717, 1.165) is 71.2 Å². The van der Waals surface area contributed by atoms with E-state index in [0.29, 0.717) is 6.54 Å². The van der Waals surface area contributed by atoms with E-state index in [1.54, 1.807) is 4.90 Å². The van der Waals surface area contributed by atoms with E-state index in [9.17, 15) is 14.4 Å². The molecule has 0 unspecified atom stereocenters. The fourth-order valence-corrected chi connectivity index (χ4v) is 5.24. The van der Waals surface area contributed by atoms with Crippen molar-refractivity contribution in [2.45, 2.75) is 64.6 Å². The first-order valence-corrected chi connectivity index (χ1v) is 12.9. The zero-order valence-corrected chi connectivity index (χ0v) is 20.7. The molecule has 9 nitrogen and oxygen atoms in total. The molecule has 1 saturated carbocycles. The lowest BCUT2D eigenvalue weighted by atomic mass is 10.1. The Bertz CT molecular complexity index is 1100. The lowest BCUT2D eigenvalue weighted by Crippen LogP contribution is -2.52. The number of carbonyl (C=O) groups is 1. The van der Waals surface area contributed by atoms with Crippen molar-refractivity contribution in [3.05, 3.63) is 56.7 Å². The van der Waals surface area contributed by atoms with Crippen LogP contribution in [0.25, 0.3) is 0 Å². The fraction of sp³-hybridized carbons (Fsp3) is 0.577. The Morgan fingerprint density at radius 3 is 2.37 bits per heavy atom. The number of nitrogen functional groups attached to an aromatic ring is 1. The van der Waals surface area contributed by atoms with Crippen molar-refractivity contribution >= 4 is 17.4 Å². The Morgan fingerprint density at radius 1 is 1.06 bits per heavy atom. The van der Waals surface area contributed by atoms with Crippen LogP contribution in [0.4, 0.5) is 11.5 Å². The van der Waals surface area contributed by atoms with E-state index in [2.05, 4.69) is 39.0 Å². The average molecular weight is 483 g/mol. The predicted molar refractivity (Wildman–Crippen MR) is 139 cm³/mol. The number of aromatic amines is 1. The van der Waals surface area contributed by atoms with Gasteiger partial charge in [0.2, 0.25) is 5.91 Å². The van der Waals surface area contributed by atoms with Gasteiger partial charge in [-0.15, -0.1) is 0 Å². The highest BCUT2D eigenvalue weighted by Gasteiger charge is 2.33. The summed E-state index contributed by atoms with van der Waals surface area (Å²) in [7, 11) is 0. The van der Waals surface area contributed by atoms with Gasteiger partial charge in [-0.2, -0.15) is 0 Å². The van der Waals surface area contributed by atoms with Gasteiger partial charge in [0.15, 0.2) is 5.69 Å². The molecule has 9 heteroatoms. The van der Waals surface area contributed by atoms with Gasteiger partial charge in [-0.1, -0.05) is 56.5 Å². The molecule has 0 spiro atoms. The average Bonchev–Trinajstić information content (AvgIpc) is 3.38. The van der Waals surface area contributed by atoms with Crippen molar-refractivity contribution in [1.29, 1.82) is 0 Å². The third-order valence-electron chi connectivity index (χ3n) is 7.22. The van der Waals surface area contributed by atoms with E-state index < -0.39 is 11.2 Å². The van der Waals surface area contributed by atoms with Crippen LogP contribution in [0.5, 0.6) is 0 Å². The summed E-state index contributed by atoms with van der Waals surface area (Å²) in [6.45, 7) is 6.94. The Balaban J connectivity index is 1.49. The summed E-state index contributed by atoms with van der Waals surface area (Å²) in [4.78, 5) is 47.6. The van der Waals surface area contributed by atoms with E-state index in [4.69, 9.17) is 5.73 Å². The van der Waals surface area contributed by atoms with Crippen molar-refractivity contribution in [2.75, 3.05) is 43.4 Å². The Hall–Kier alpha value is -2.91. The number of nitrogens with zero attached hydrogens (tertiary/aromatic N) is 4. The largest absolute Gasteiger partial charge is 0.383 e. The van der Waals surface area contributed by atoms with Gasteiger partial charge in [-0.05, 0) is 24.8 Å². The van der Waals surface area contributed by atoms with Crippen molar-refractivity contribution in [3.63, 3.8) is 0 Å². The monoisotopic (exact) mass is 482 g/mol. The number of hydrogen-bond acceptors (Lipinski definition) is 6. The summed E-state index contributed by atoms with van der Waals surface area (Å²) < 4.78 is 1.40. The number of rotatable bonds is 9. The summed E-state index contributed by atoms with van der Waals surface area (Å²) in [6, 6.07) is 10.3. The zero-order chi connectivity index (χ0) is 24.8.